The Morgan fingerprint density at radius 1 is 1.29 bits per heavy atom. The van der Waals surface area contributed by atoms with Crippen LogP contribution in [0.15, 0.2) is 0 Å². The predicted molar refractivity (Wildman–Crippen MR) is 59.8 cm³/mol. The Balaban J connectivity index is 2.00. The van der Waals surface area contributed by atoms with Gasteiger partial charge >= 0.3 is 5.97 Å². The Bertz CT molecular complexity index is 447. The van der Waals surface area contributed by atoms with Crippen molar-refractivity contribution in [1.82, 2.24) is 9.78 Å². The number of carboxylic acids is 1. The molecule has 1 fully saturated rings. The van der Waals surface area contributed by atoms with Crippen molar-refractivity contribution in [2.45, 2.75) is 51.4 Å². The topological polar surface area (TPSA) is 64.3 Å². The summed E-state index contributed by atoms with van der Waals surface area (Å²) < 4.78 is 6.99. The number of nitrogens with zero attached hydrogens (tertiary/aromatic N) is 2. The Morgan fingerprint density at radius 3 is 2.76 bits per heavy atom. The minimum Gasteiger partial charge on any atom is -0.477 e. The largest absolute Gasteiger partial charge is 0.477 e. The first-order chi connectivity index (χ1) is 8.27. The summed E-state index contributed by atoms with van der Waals surface area (Å²) >= 11 is 0. The average molecular weight is 236 g/mol. The van der Waals surface area contributed by atoms with Crippen molar-refractivity contribution in [2.75, 3.05) is 0 Å². The van der Waals surface area contributed by atoms with Crippen molar-refractivity contribution in [3.63, 3.8) is 0 Å². The van der Waals surface area contributed by atoms with Crippen molar-refractivity contribution in [3.05, 3.63) is 17.0 Å². The zero-order valence-corrected chi connectivity index (χ0v) is 9.69. The fourth-order valence-corrected chi connectivity index (χ4v) is 2.85. The summed E-state index contributed by atoms with van der Waals surface area (Å²) in [5.74, 6) is -0.880. The molecule has 5 heteroatoms. The maximum absolute atomic E-state index is 11.4. The molecule has 0 radical (unpaired) electrons. The number of hydrogen-bond acceptors (Lipinski definition) is 3. The lowest BCUT2D eigenvalue weighted by atomic mass is 9.95. The van der Waals surface area contributed by atoms with Crippen molar-refractivity contribution >= 4 is 5.97 Å². The minimum atomic E-state index is -0.880. The van der Waals surface area contributed by atoms with Crippen LogP contribution in [0.2, 0.25) is 0 Å². The van der Waals surface area contributed by atoms with Crippen LogP contribution < -0.4 is 0 Å². The second kappa shape index (κ2) is 4.14. The van der Waals surface area contributed by atoms with Crippen LogP contribution in [0, 0.1) is 0 Å². The molecule has 0 saturated heterocycles. The van der Waals surface area contributed by atoms with E-state index in [0.717, 1.165) is 24.1 Å². The van der Waals surface area contributed by atoms with Crippen LogP contribution in [0.25, 0.3) is 0 Å². The van der Waals surface area contributed by atoms with Gasteiger partial charge in [0, 0.05) is 5.56 Å². The third-order valence-electron chi connectivity index (χ3n) is 3.70. The van der Waals surface area contributed by atoms with Gasteiger partial charge in [-0.1, -0.05) is 19.3 Å². The Hall–Kier alpha value is -1.36. The highest BCUT2D eigenvalue weighted by atomic mass is 16.5. The van der Waals surface area contributed by atoms with Crippen LogP contribution in [-0.2, 0) is 18.0 Å². The van der Waals surface area contributed by atoms with E-state index in [9.17, 15) is 9.90 Å². The summed E-state index contributed by atoms with van der Waals surface area (Å²) in [6.45, 7) is 0.846. The number of aromatic carboxylic acids is 1. The van der Waals surface area contributed by atoms with Gasteiger partial charge in [0.2, 0.25) is 0 Å². The summed E-state index contributed by atoms with van der Waals surface area (Å²) in [5.41, 5.74) is 1.94. The Kier molecular flexibility index (Phi) is 2.63. The second-order valence-electron chi connectivity index (χ2n) is 4.81. The number of hydrogen-bond donors (Lipinski definition) is 1. The number of fused-ring (bicyclic) bond motifs is 1. The molecule has 1 aromatic rings. The normalized spacial score (nSPS) is 20.5. The molecule has 1 saturated carbocycles. The van der Waals surface area contributed by atoms with Crippen molar-refractivity contribution in [3.8, 4) is 0 Å². The third-order valence-corrected chi connectivity index (χ3v) is 3.70. The summed E-state index contributed by atoms with van der Waals surface area (Å²) in [4.78, 5) is 11.4. The van der Waals surface area contributed by atoms with Crippen LogP contribution in [0.1, 0.15) is 59.9 Å². The van der Waals surface area contributed by atoms with E-state index >= 15 is 0 Å². The van der Waals surface area contributed by atoms with E-state index in [0.29, 0.717) is 18.9 Å². The Labute approximate surface area is 99.4 Å². The smallest absolute Gasteiger partial charge is 0.354 e. The van der Waals surface area contributed by atoms with Crippen LogP contribution in [0.3, 0.4) is 0 Å². The average Bonchev–Trinajstić information content (AvgIpc) is 2.88. The van der Waals surface area contributed by atoms with E-state index in [1.807, 2.05) is 0 Å². The first-order valence-electron chi connectivity index (χ1n) is 6.18. The molecule has 1 aliphatic heterocycles. The standard InChI is InChI=1S/C12H16N2O3/c15-12(16)11-9-6-17-7-10(9)13-14(11)8-4-2-1-3-5-8/h8H,1-7H2,(H,15,16). The molecule has 2 aliphatic rings. The lowest BCUT2D eigenvalue weighted by molar-refractivity contribution is 0.0668. The van der Waals surface area contributed by atoms with E-state index in [1.54, 1.807) is 4.68 Å². The van der Waals surface area contributed by atoms with Gasteiger partial charge in [-0.25, -0.2) is 4.79 Å². The highest BCUT2D eigenvalue weighted by Crippen LogP contribution is 2.32. The molecule has 17 heavy (non-hydrogen) atoms. The van der Waals surface area contributed by atoms with E-state index in [1.165, 1.54) is 19.3 Å². The number of carboxylic acid groups (broad SMARTS) is 1. The van der Waals surface area contributed by atoms with Crippen molar-refractivity contribution in [1.29, 1.82) is 0 Å². The maximum atomic E-state index is 11.4. The first kappa shape index (κ1) is 10.8. The maximum Gasteiger partial charge on any atom is 0.354 e. The molecule has 1 aromatic heterocycles. The van der Waals surface area contributed by atoms with Gasteiger partial charge in [-0.2, -0.15) is 5.10 Å². The zero-order chi connectivity index (χ0) is 11.8. The first-order valence-corrected chi connectivity index (χ1v) is 6.18. The molecule has 92 valence electrons. The van der Waals surface area contributed by atoms with Gasteiger partial charge < -0.3 is 9.84 Å². The number of aromatic nitrogens is 2. The highest BCUT2D eigenvalue weighted by molar-refractivity contribution is 5.88. The zero-order valence-electron chi connectivity index (χ0n) is 9.69. The third kappa shape index (κ3) is 1.74. The van der Waals surface area contributed by atoms with Gasteiger partial charge in [0.05, 0.1) is 24.9 Å². The number of ether oxygens (including phenoxy) is 1. The molecule has 1 N–H and O–H groups in total. The second-order valence-corrected chi connectivity index (χ2v) is 4.81. The van der Waals surface area contributed by atoms with Gasteiger partial charge in [0.15, 0.2) is 5.69 Å². The van der Waals surface area contributed by atoms with E-state index < -0.39 is 5.97 Å². The number of carbonyl (C=O) groups is 1. The summed E-state index contributed by atoms with van der Waals surface area (Å²) in [6.07, 6.45) is 5.68. The van der Waals surface area contributed by atoms with Crippen LogP contribution in [0.4, 0.5) is 0 Å². The molecular weight excluding hydrogens is 220 g/mol. The molecule has 0 atom stereocenters. The van der Waals surface area contributed by atoms with E-state index in [2.05, 4.69) is 5.10 Å². The summed E-state index contributed by atoms with van der Waals surface area (Å²) in [5, 5.41) is 13.8. The number of rotatable bonds is 2. The van der Waals surface area contributed by atoms with Crippen LogP contribution >= 0.6 is 0 Å². The lowest BCUT2D eigenvalue weighted by Gasteiger charge is -2.23. The van der Waals surface area contributed by atoms with Gasteiger partial charge in [0.25, 0.3) is 0 Å². The van der Waals surface area contributed by atoms with Gasteiger partial charge in [-0.15, -0.1) is 0 Å². The fraction of sp³-hybridized carbons (Fsp3) is 0.667. The van der Waals surface area contributed by atoms with Crippen LogP contribution in [-0.4, -0.2) is 20.9 Å². The predicted octanol–water partition coefficient (Wildman–Crippen LogP) is 2.12. The highest BCUT2D eigenvalue weighted by Gasteiger charge is 2.30. The molecule has 5 nitrogen and oxygen atoms in total. The molecule has 0 amide bonds. The molecule has 0 spiro atoms. The molecule has 0 unspecified atom stereocenters. The van der Waals surface area contributed by atoms with Gasteiger partial charge in [0.1, 0.15) is 0 Å². The van der Waals surface area contributed by atoms with Crippen LogP contribution in [0.5, 0.6) is 0 Å². The van der Waals surface area contributed by atoms with Crippen molar-refractivity contribution in [2.24, 2.45) is 0 Å². The van der Waals surface area contributed by atoms with Crippen molar-refractivity contribution < 1.29 is 14.6 Å². The minimum absolute atomic E-state index is 0.264. The molecule has 2 heterocycles. The summed E-state index contributed by atoms with van der Waals surface area (Å²) in [7, 11) is 0. The molecule has 0 bridgehead atoms. The van der Waals surface area contributed by atoms with E-state index in [-0.39, 0.29) is 6.04 Å². The van der Waals surface area contributed by atoms with E-state index in [4.69, 9.17) is 4.74 Å². The fourth-order valence-electron chi connectivity index (χ4n) is 2.85. The molecular formula is C12H16N2O3. The monoisotopic (exact) mass is 236 g/mol. The molecule has 3 rings (SSSR count). The molecule has 1 aliphatic carbocycles. The molecule has 0 aromatic carbocycles. The SMILES string of the molecule is O=C(O)c1c2c(nn1C1CCCCC1)COC2. The summed E-state index contributed by atoms with van der Waals surface area (Å²) in [6, 6.07) is 0.264. The van der Waals surface area contributed by atoms with Gasteiger partial charge in [-0.3, -0.25) is 4.68 Å². The quantitative estimate of drug-likeness (QED) is 0.854. The lowest BCUT2D eigenvalue weighted by Crippen LogP contribution is -2.20. The van der Waals surface area contributed by atoms with Gasteiger partial charge in [-0.05, 0) is 12.8 Å². The Morgan fingerprint density at radius 2 is 2.06 bits per heavy atom.